The lowest BCUT2D eigenvalue weighted by Crippen LogP contribution is -2.45. The SMILES string of the molecule is O=C(NCC1CCCO1)C1CC(c2ccc(Cl)cc2)NN1. The quantitative estimate of drug-likeness (QED) is 0.789. The van der Waals surface area contributed by atoms with Gasteiger partial charge in [0.25, 0.3) is 0 Å². The van der Waals surface area contributed by atoms with Gasteiger partial charge in [0.2, 0.25) is 5.91 Å². The summed E-state index contributed by atoms with van der Waals surface area (Å²) < 4.78 is 5.50. The van der Waals surface area contributed by atoms with Crippen molar-refractivity contribution in [1.82, 2.24) is 16.2 Å². The molecule has 3 atom stereocenters. The van der Waals surface area contributed by atoms with Gasteiger partial charge in [-0.05, 0) is 37.0 Å². The molecule has 2 fully saturated rings. The highest BCUT2D eigenvalue weighted by Gasteiger charge is 2.30. The monoisotopic (exact) mass is 309 g/mol. The molecule has 1 aromatic carbocycles. The van der Waals surface area contributed by atoms with E-state index in [4.69, 9.17) is 16.3 Å². The fourth-order valence-corrected chi connectivity index (χ4v) is 2.91. The fourth-order valence-electron chi connectivity index (χ4n) is 2.78. The van der Waals surface area contributed by atoms with Crippen LogP contribution in [0.1, 0.15) is 30.9 Å². The van der Waals surface area contributed by atoms with Crippen molar-refractivity contribution in [2.75, 3.05) is 13.2 Å². The Labute approximate surface area is 129 Å². The predicted octanol–water partition coefficient (Wildman–Crippen LogP) is 1.54. The maximum atomic E-state index is 12.1. The Balaban J connectivity index is 1.49. The third-order valence-electron chi connectivity index (χ3n) is 4.02. The zero-order chi connectivity index (χ0) is 14.7. The van der Waals surface area contributed by atoms with Crippen molar-refractivity contribution in [3.05, 3.63) is 34.9 Å². The third kappa shape index (κ3) is 3.74. The van der Waals surface area contributed by atoms with Crippen molar-refractivity contribution in [2.24, 2.45) is 0 Å². The number of hydrogen-bond donors (Lipinski definition) is 3. The molecule has 2 heterocycles. The van der Waals surface area contributed by atoms with E-state index in [1.54, 1.807) is 0 Å². The summed E-state index contributed by atoms with van der Waals surface area (Å²) in [6.45, 7) is 1.41. The first kappa shape index (κ1) is 14.8. The summed E-state index contributed by atoms with van der Waals surface area (Å²) >= 11 is 5.89. The van der Waals surface area contributed by atoms with Gasteiger partial charge in [-0.2, -0.15) is 0 Å². The number of rotatable bonds is 4. The molecule has 3 rings (SSSR count). The van der Waals surface area contributed by atoms with E-state index < -0.39 is 0 Å². The minimum absolute atomic E-state index is 0.0227. The second kappa shape index (κ2) is 6.75. The molecule has 3 N–H and O–H groups in total. The van der Waals surface area contributed by atoms with Crippen molar-refractivity contribution in [3.63, 3.8) is 0 Å². The first-order valence-corrected chi connectivity index (χ1v) is 7.76. The van der Waals surface area contributed by atoms with Crippen molar-refractivity contribution >= 4 is 17.5 Å². The van der Waals surface area contributed by atoms with Crippen molar-refractivity contribution in [1.29, 1.82) is 0 Å². The van der Waals surface area contributed by atoms with Crippen LogP contribution in [0.5, 0.6) is 0 Å². The van der Waals surface area contributed by atoms with Crippen LogP contribution in [0.25, 0.3) is 0 Å². The summed E-state index contributed by atoms with van der Waals surface area (Å²) in [5, 5.41) is 3.68. The predicted molar refractivity (Wildman–Crippen MR) is 80.9 cm³/mol. The Morgan fingerprint density at radius 3 is 2.86 bits per heavy atom. The normalized spacial score (nSPS) is 28.7. The van der Waals surface area contributed by atoms with Crippen LogP contribution >= 0.6 is 11.6 Å². The summed E-state index contributed by atoms with van der Waals surface area (Å²) in [6.07, 6.45) is 3.01. The van der Waals surface area contributed by atoms with E-state index in [1.165, 1.54) is 0 Å². The van der Waals surface area contributed by atoms with E-state index in [2.05, 4.69) is 16.2 Å². The molecule has 0 aliphatic carbocycles. The maximum absolute atomic E-state index is 12.1. The molecule has 5 nitrogen and oxygen atoms in total. The molecule has 1 amide bonds. The zero-order valence-electron chi connectivity index (χ0n) is 11.8. The zero-order valence-corrected chi connectivity index (χ0v) is 12.5. The second-order valence-electron chi connectivity index (χ2n) is 5.56. The highest BCUT2D eigenvalue weighted by Crippen LogP contribution is 2.23. The summed E-state index contributed by atoms with van der Waals surface area (Å²) in [5.41, 5.74) is 7.35. The molecule has 0 aromatic heterocycles. The number of amides is 1. The van der Waals surface area contributed by atoms with Gasteiger partial charge in [0, 0.05) is 24.2 Å². The number of nitrogens with one attached hydrogen (secondary N) is 3. The number of hydrogen-bond acceptors (Lipinski definition) is 4. The number of carbonyl (C=O) groups is 1. The molecular formula is C15H20ClN3O2. The van der Waals surface area contributed by atoms with Crippen LogP contribution in [0.15, 0.2) is 24.3 Å². The molecule has 114 valence electrons. The number of halogens is 1. The van der Waals surface area contributed by atoms with Gasteiger partial charge in [0.1, 0.15) is 6.04 Å². The van der Waals surface area contributed by atoms with E-state index >= 15 is 0 Å². The Morgan fingerprint density at radius 1 is 1.33 bits per heavy atom. The molecule has 0 spiro atoms. The van der Waals surface area contributed by atoms with Crippen molar-refractivity contribution < 1.29 is 9.53 Å². The highest BCUT2D eigenvalue weighted by molar-refractivity contribution is 6.30. The lowest BCUT2D eigenvalue weighted by Gasteiger charge is -2.14. The average Bonchev–Trinajstić information content (AvgIpc) is 3.17. The molecule has 2 aliphatic heterocycles. The minimum Gasteiger partial charge on any atom is -0.376 e. The lowest BCUT2D eigenvalue weighted by atomic mass is 10.0. The standard InChI is InChI=1S/C15H20ClN3O2/c16-11-5-3-10(4-6-11)13-8-14(19-18-13)15(20)17-9-12-2-1-7-21-12/h3-6,12-14,18-19H,1-2,7-9H2,(H,17,20). The average molecular weight is 310 g/mol. The van der Waals surface area contributed by atoms with Gasteiger partial charge in [-0.15, -0.1) is 0 Å². The van der Waals surface area contributed by atoms with E-state index in [0.29, 0.717) is 6.54 Å². The van der Waals surface area contributed by atoms with Crippen LogP contribution < -0.4 is 16.2 Å². The summed E-state index contributed by atoms with van der Waals surface area (Å²) in [7, 11) is 0. The van der Waals surface area contributed by atoms with Crippen LogP contribution in [-0.4, -0.2) is 31.2 Å². The van der Waals surface area contributed by atoms with Crippen LogP contribution in [-0.2, 0) is 9.53 Å². The molecule has 0 bridgehead atoms. The number of ether oxygens (including phenoxy) is 1. The molecule has 3 unspecified atom stereocenters. The number of benzene rings is 1. The first-order chi connectivity index (χ1) is 10.2. The molecule has 2 saturated heterocycles. The Bertz CT molecular complexity index is 488. The molecule has 0 radical (unpaired) electrons. The van der Waals surface area contributed by atoms with Gasteiger partial charge in [0.05, 0.1) is 6.10 Å². The summed E-state index contributed by atoms with van der Waals surface area (Å²) in [4.78, 5) is 12.1. The minimum atomic E-state index is -0.216. The molecule has 0 saturated carbocycles. The molecule has 6 heteroatoms. The van der Waals surface area contributed by atoms with E-state index in [1.807, 2.05) is 24.3 Å². The number of hydrazine groups is 1. The third-order valence-corrected chi connectivity index (χ3v) is 4.27. The Kier molecular flexibility index (Phi) is 4.75. The Morgan fingerprint density at radius 2 is 2.14 bits per heavy atom. The Hall–Kier alpha value is -1.14. The van der Waals surface area contributed by atoms with Crippen LogP contribution in [0.4, 0.5) is 0 Å². The first-order valence-electron chi connectivity index (χ1n) is 7.38. The van der Waals surface area contributed by atoms with Crippen molar-refractivity contribution in [2.45, 2.75) is 37.5 Å². The van der Waals surface area contributed by atoms with Gasteiger partial charge in [-0.1, -0.05) is 23.7 Å². The van der Waals surface area contributed by atoms with Gasteiger partial charge in [-0.25, -0.2) is 10.9 Å². The maximum Gasteiger partial charge on any atom is 0.238 e. The topological polar surface area (TPSA) is 62.4 Å². The second-order valence-corrected chi connectivity index (χ2v) is 6.00. The van der Waals surface area contributed by atoms with E-state index in [0.717, 1.165) is 36.5 Å². The summed E-state index contributed by atoms with van der Waals surface area (Å²) in [6, 6.07) is 7.60. The molecule has 2 aliphatic rings. The largest absolute Gasteiger partial charge is 0.376 e. The van der Waals surface area contributed by atoms with Gasteiger partial charge >= 0.3 is 0 Å². The highest BCUT2D eigenvalue weighted by atomic mass is 35.5. The summed E-state index contributed by atoms with van der Waals surface area (Å²) in [5.74, 6) is 0.0227. The van der Waals surface area contributed by atoms with Gasteiger partial charge < -0.3 is 10.1 Å². The molecule has 21 heavy (non-hydrogen) atoms. The molecular weight excluding hydrogens is 290 g/mol. The van der Waals surface area contributed by atoms with Gasteiger partial charge in [-0.3, -0.25) is 4.79 Å². The van der Waals surface area contributed by atoms with Crippen molar-refractivity contribution in [3.8, 4) is 0 Å². The van der Waals surface area contributed by atoms with Crippen LogP contribution in [0.3, 0.4) is 0 Å². The molecule has 1 aromatic rings. The van der Waals surface area contributed by atoms with Gasteiger partial charge in [0.15, 0.2) is 0 Å². The lowest BCUT2D eigenvalue weighted by molar-refractivity contribution is -0.123. The van der Waals surface area contributed by atoms with Crippen LogP contribution in [0.2, 0.25) is 5.02 Å². The fraction of sp³-hybridized carbons (Fsp3) is 0.533. The van der Waals surface area contributed by atoms with E-state index in [9.17, 15) is 4.79 Å². The van der Waals surface area contributed by atoms with Crippen LogP contribution in [0, 0.1) is 0 Å². The van der Waals surface area contributed by atoms with E-state index in [-0.39, 0.29) is 24.1 Å². The number of carbonyl (C=O) groups excluding carboxylic acids is 1. The smallest absolute Gasteiger partial charge is 0.238 e.